The van der Waals surface area contributed by atoms with Crippen molar-refractivity contribution in [1.29, 1.82) is 0 Å². The van der Waals surface area contributed by atoms with Crippen LogP contribution in [0.4, 0.5) is 13.2 Å². The highest BCUT2D eigenvalue weighted by Gasteiger charge is 2.31. The number of rotatable bonds is 2. The van der Waals surface area contributed by atoms with Gasteiger partial charge in [0.25, 0.3) is 0 Å². The maximum absolute atomic E-state index is 11.8. The molecule has 0 amide bonds. The van der Waals surface area contributed by atoms with E-state index in [-0.39, 0.29) is 6.42 Å². The molecule has 58 valence electrons. The van der Waals surface area contributed by atoms with Gasteiger partial charge in [-0.15, -0.1) is 6.58 Å². The van der Waals surface area contributed by atoms with Crippen molar-refractivity contribution in [2.45, 2.75) is 19.5 Å². The van der Waals surface area contributed by atoms with Crippen LogP contribution < -0.4 is 0 Å². The molecule has 0 unspecified atom stereocenters. The molecule has 0 radical (unpaired) electrons. The van der Waals surface area contributed by atoms with Crippen LogP contribution in [-0.2, 0) is 0 Å². The largest absolute Gasteiger partial charge is 0.412 e. The highest BCUT2D eigenvalue weighted by molar-refractivity contribution is 5.10. The lowest BCUT2D eigenvalue weighted by Gasteiger charge is -2.07. The van der Waals surface area contributed by atoms with Crippen LogP contribution >= 0.6 is 0 Å². The summed E-state index contributed by atoms with van der Waals surface area (Å²) in [6.45, 7) is 4.59. The second-order valence-corrected chi connectivity index (χ2v) is 1.80. The first kappa shape index (κ1) is 9.27. The van der Waals surface area contributed by atoms with Crippen LogP contribution in [-0.4, -0.2) is 6.18 Å². The SMILES string of the molecule is C=CC/C(=C\C)C(F)(F)F. The van der Waals surface area contributed by atoms with E-state index in [2.05, 4.69) is 6.58 Å². The molecular formula is C7H9F3. The average molecular weight is 150 g/mol. The molecule has 0 spiro atoms. The number of hydrogen-bond acceptors (Lipinski definition) is 0. The van der Waals surface area contributed by atoms with Crippen LogP contribution in [0.1, 0.15) is 13.3 Å². The van der Waals surface area contributed by atoms with E-state index >= 15 is 0 Å². The summed E-state index contributed by atoms with van der Waals surface area (Å²) in [6, 6.07) is 0. The molecule has 0 aromatic rings. The first-order chi connectivity index (χ1) is 4.52. The Morgan fingerprint density at radius 2 is 2.00 bits per heavy atom. The Kier molecular flexibility index (Phi) is 3.19. The molecule has 10 heavy (non-hydrogen) atoms. The molecule has 0 aromatic carbocycles. The van der Waals surface area contributed by atoms with Gasteiger partial charge in [0.1, 0.15) is 0 Å². The zero-order valence-electron chi connectivity index (χ0n) is 5.70. The molecule has 0 bridgehead atoms. The quantitative estimate of drug-likeness (QED) is 0.530. The third-order valence-corrected chi connectivity index (χ3v) is 1.08. The van der Waals surface area contributed by atoms with Crippen LogP contribution in [0.2, 0.25) is 0 Å². The lowest BCUT2D eigenvalue weighted by atomic mass is 10.2. The van der Waals surface area contributed by atoms with Gasteiger partial charge in [-0.3, -0.25) is 0 Å². The van der Waals surface area contributed by atoms with Gasteiger partial charge in [-0.2, -0.15) is 13.2 Å². The van der Waals surface area contributed by atoms with Crippen LogP contribution in [0.15, 0.2) is 24.3 Å². The number of halogens is 3. The smallest absolute Gasteiger partial charge is 0.166 e. The maximum atomic E-state index is 11.8. The molecule has 0 saturated heterocycles. The minimum atomic E-state index is -4.19. The Balaban J connectivity index is 4.23. The van der Waals surface area contributed by atoms with Crippen molar-refractivity contribution in [3.05, 3.63) is 24.3 Å². The highest BCUT2D eigenvalue weighted by atomic mass is 19.4. The predicted molar refractivity (Wildman–Crippen MR) is 34.6 cm³/mol. The average Bonchev–Trinajstić information content (AvgIpc) is 1.80. The van der Waals surface area contributed by atoms with Gasteiger partial charge in [-0.05, 0) is 13.3 Å². The topological polar surface area (TPSA) is 0 Å². The molecule has 0 rings (SSSR count). The van der Waals surface area contributed by atoms with Gasteiger partial charge in [0, 0.05) is 5.57 Å². The van der Waals surface area contributed by atoms with Gasteiger partial charge in [-0.25, -0.2) is 0 Å². The Morgan fingerprint density at radius 3 is 2.10 bits per heavy atom. The number of allylic oxidation sites excluding steroid dienone is 3. The van der Waals surface area contributed by atoms with Crippen LogP contribution in [0, 0.1) is 0 Å². The minimum Gasteiger partial charge on any atom is -0.166 e. The van der Waals surface area contributed by atoms with E-state index in [0.29, 0.717) is 0 Å². The minimum absolute atomic E-state index is 0.111. The molecular weight excluding hydrogens is 141 g/mol. The fraction of sp³-hybridized carbons (Fsp3) is 0.429. The molecule has 0 saturated carbocycles. The van der Waals surface area contributed by atoms with E-state index < -0.39 is 11.7 Å². The molecule has 0 heterocycles. The zero-order valence-corrected chi connectivity index (χ0v) is 5.70. The van der Waals surface area contributed by atoms with Gasteiger partial charge < -0.3 is 0 Å². The molecule has 0 aliphatic rings. The van der Waals surface area contributed by atoms with E-state index in [1.807, 2.05) is 0 Å². The summed E-state index contributed by atoms with van der Waals surface area (Å²) in [7, 11) is 0. The van der Waals surface area contributed by atoms with E-state index in [1.54, 1.807) is 0 Å². The highest BCUT2D eigenvalue weighted by Crippen LogP contribution is 2.27. The van der Waals surface area contributed by atoms with Crippen LogP contribution in [0.25, 0.3) is 0 Å². The van der Waals surface area contributed by atoms with Gasteiger partial charge >= 0.3 is 6.18 Å². The lowest BCUT2D eigenvalue weighted by molar-refractivity contribution is -0.0930. The van der Waals surface area contributed by atoms with Gasteiger partial charge in [0.15, 0.2) is 0 Å². The Bertz CT molecular complexity index is 141. The summed E-state index contributed by atoms with van der Waals surface area (Å²) in [6.07, 6.45) is -2.01. The summed E-state index contributed by atoms with van der Waals surface area (Å²) in [5, 5.41) is 0. The third-order valence-electron chi connectivity index (χ3n) is 1.08. The van der Waals surface area contributed by atoms with E-state index in [0.717, 1.165) is 6.08 Å². The van der Waals surface area contributed by atoms with Crippen molar-refractivity contribution in [3.8, 4) is 0 Å². The van der Waals surface area contributed by atoms with Gasteiger partial charge in [-0.1, -0.05) is 12.2 Å². The summed E-state index contributed by atoms with van der Waals surface area (Å²) >= 11 is 0. The van der Waals surface area contributed by atoms with Crippen molar-refractivity contribution in [2.75, 3.05) is 0 Å². The van der Waals surface area contributed by atoms with Crippen LogP contribution in [0.5, 0.6) is 0 Å². The zero-order chi connectivity index (χ0) is 8.20. The third kappa shape index (κ3) is 2.71. The summed E-state index contributed by atoms with van der Waals surface area (Å²) < 4.78 is 35.4. The fourth-order valence-electron chi connectivity index (χ4n) is 0.553. The second kappa shape index (κ2) is 3.44. The van der Waals surface area contributed by atoms with Crippen molar-refractivity contribution in [2.24, 2.45) is 0 Å². The molecule has 0 aliphatic heterocycles. The number of alkyl halides is 3. The van der Waals surface area contributed by atoms with Crippen molar-refractivity contribution < 1.29 is 13.2 Å². The standard InChI is InChI=1S/C7H9F3/c1-3-5-6(4-2)7(8,9)10/h3-4H,1,5H2,2H3/b6-4+. The Labute approximate surface area is 58.0 Å². The van der Waals surface area contributed by atoms with Crippen molar-refractivity contribution in [1.82, 2.24) is 0 Å². The monoisotopic (exact) mass is 150 g/mol. The molecule has 0 aromatic heterocycles. The summed E-state index contributed by atoms with van der Waals surface area (Å²) in [5.74, 6) is 0. The molecule has 0 fully saturated rings. The first-order valence-corrected chi connectivity index (χ1v) is 2.85. The van der Waals surface area contributed by atoms with E-state index in [9.17, 15) is 13.2 Å². The second-order valence-electron chi connectivity index (χ2n) is 1.80. The van der Waals surface area contributed by atoms with Gasteiger partial charge in [0.2, 0.25) is 0 Å². The van der Waals surface area contributed by atoms with Crippen molar-refractivity contribution in [3.63, 3.8) is 0 Å². The summed E-state index contributed by atoms with van der Waals surface area (Å²) in [4.78, 5) is 0. The molecule has 0 aliphatic carbocycles. The maximum Gasteiger partial charge on any atom is 0.412 e. The summed E-state index contributed by atoms with van der Waals surface area (Å²) in [5.41, 5.74) is -0.539. The normalized spacial score (nSPS) is 13.4. The Morgan fingerprint density at radius 1 is 1.50 bits per heavy atom. The lowest BCUT2D eigenvalue weighted by Crippen LogP contribution is -2.10. The molecule has 3 heteroatoms. The number of hydrogen-bond donors (Lipinski definition) is 0. The Hall–Kier alpha value is -0.730. The van der Waals surface area contributed by atoms with Gasteiger partial charge in [0.05, 0.1) is 0 Å². The van der Waals surface area contributed by atoms with Crippen LogP contribution in [0.3, 0.4) is 0 Å². The van der Waals surface area contributed by atoms with Crippen molar-refractivity contribution >= 4 is 0 Å². The molecule has 0 N–H and O–H groups in total. The first-order valence-electron chi connectivity index (χ1n) is 2.85. The van der Waals surface area contributed by atoms with E-state index in [4.69, 9.17) is 0 Å². The fourth-order valence-corrected chi connectivity index (χ4v) is 0.553. The molecule has 0 nitrogen and oxygen atoms in total. The predicted octanol–water partition coefficient (Wildman–Crippen LogP) is 3.07. The molecule has 0 atom stereocenters. The van der Waals surface area contributed by atoms with E-state index in [1.165, 1.54) is 13.0 Å².